The summed E-state index contributed by atoms with van der Waals surface area (Å²) in [6, 6.07) is 2.38. The third-order valence-corrected chi connectivity index (χ3v) is 7.94. The summed E-state index contributed by atoms with van der Waals surface area (Å²) in [7, 11) is 0. The van der Waals surface area contributed by atoms with Gasteiger partial charge in [-0.1, -0.05) is 19.9 Å². The largest absolute Gasteiger partial charge is 0.439 e. The highest BCUT2D eigenvalue weighted by Crippen LogP contribution is 2.43. The van der Waals surface area contributed by atoms with Gasteiger partial charge in [-0.3, -0.25) is 9.80 Å². The molecule has 2 fully saturated rings. The van der Waals surface area contributed by atoms with Gasteiger partial charge in [0, 0.05) is 25.7 Å². The average molecular weight is 629 g/mol. The van der Waals surface area contributed by atoms with E-state index in [1.807, 2.05) is 18.7 Å². The molecule has 0 unspecified atom stereocenters. The predicted octanol–water partition coefficient (Wildman–Crippen LogP) is 8.96. The van der Waals surface area contributed by atoms with Crippen molar-refractivity contribution in [2.24, 2.45) is 5.92 Å². The van der Waals surface area contributed by atoms with E-state index in [2.05, 4.69) is 0 Å². The van der Waals surface area contributed by atoms with Crippen LogP contribution in [0.1, 0.15) is 79.1 Å². The van der Waals surface area contributed by atoms with Crippen molar-refractivity contribution in [2.45, 2.75) is 83.0 Å². The lowest BCUT2D eigenvalue weighted by molar-refractivity contribution is -0.143. The number of hydrogen-bond acceptors (Lipinski definition) is 3. The zero-order valence-corrected chi connectivity index (χ0v) is 23.4. The maximum Gasteiger partial charge on any atom is 0.416 e. The zero-order valence-electron chi connectivity index (χ0n) is 23.4. The van der Waals surface area contributed by atoms with Gasteiger partial charge in [0.1, 0.15) is 12.3 Å². The quantitative estimate of drug-likeness (QED) is 0.300. The summed E-state index contributed by atoms with van der Waals surface area (Å²) in [5.41, 5.74) is -4.20. The Hall–Kier alpha value is -3.03. The van der Waals surface area contributed by atoms with E-state index in [1.165, 1.54) is 13.0 Å². The highest BCUT2D eigenvalue weighted by atomic mass is 19.4. The molecule has 14 heteroatoms. The van der Waals surface area contributed by atoms with E-state index in [0.717, 1.165) is 17.0 Å². The topological polar surface area (TPSA) is 32.8 Å². The molecule has 0 saturated carbocycles. The number of alkyl halides is 10. The van der Waals surface area contributed by atoms with Gasteiger partial charge >= 0.3 is 24.6 Å². The van der Waals surface area contributed by atoms with E-state index in [4.69, 9.17) is 4.74 Å². The van der Waals surface area contributed by atoms with Crippen molar-refractivity contribution < 1.29 is 53.4 Å². The molecule has 2 aliphatic rings. The first-order valence-corrected chi connectivity index (χ1v) is 13.6. The van der Waals surface area contributed by atoms with E-state index < -0.39 is 77.8 Å². The lowest BCUT2D eigenvalue weighted by Gasteiger charge is -2.39. The Morgan fingerprint density at radius 2 is 1.37 bits per heavy atom. The standard InChI is InChI=1S/C29H30F10N2O2/c1-15(2)24(40-8-6-22(30)7-9-40)23-5-4-19(27(31,32)33)12-18(23)14-41-16(3)25(43-26(41)42)17-10-20(28(34,35)36)13-21(11-17)29(37,38)39/h4-5,10-13,15-16,22,24-25H,6-9,14H2,1-3H3/t16-,24+,25-/m0/s1. The van der Waals surface area contributed by atoms with Crippen molar-refractivity contribution in [3.63, 3.8) is 0 Å². The van der Waals surface area contributed by atoms with E-state index in [-0.39, 0.29) is 30.4 Å². The Morgan fingerprint density at radius 1 is 0.837 bits per heavy atom. The highest BCUT2D eigenvalue weighted by Gasteiger charge is 2.44. The number of halogens is 10. The smallest absolute Gasteiger partial charge is 0.416 e. The van der Waals surface area contributed by atoms with Gasteiger partial charge in [-0.25, -0.2) is 9.18 Å². The Labute approximate surface area is 241 Å². The Balaban J connectivity index is 1.73. The SMILES string of the molecule is CC(C)[C@H](c1ccc(C(F)(F)F)cc1CN1C(=O)O[C@H](c2cc(C(F)(F)F)cc(C(F)(F)F)c2)[C@@H]1C)N1CCC(F)CC1. The number of amides is 1. The summed E-state index contributed by atoms with van der Waals surface area (Å²) in [4.78, 5) is 15.9. The first-order chi connectivity index (χ1) is 19.8. The molecular formula is C29H30F10N2O2. The second-order valence-electron chi connectivity index (χ2n) is 11.3. The fourth-order valence-electron chi connectivity index (χ4n) is 5.82. The van der Waals surface area contributed by atoms with Crippen molar-refractivity contribution in [3.05, 3.63) is 69.8 Å². The molecule has 4 rings (SSSR count). The highest BCUT2D eigenvalue weighted by molar-refractivity contribution is 5.71. The molecule has 3 atom stereocenters. The van der Waals surface area contributed by atoms with Gasteiger partial charge in [0.2, 0.25) is 0 Å². The first kappa shape index (κ1) is 32.9. The molecule has 0 N–H and O–H groups in total. The Morgan fingerprint density at radius 3 is 1.86 bits per heavy atom. The molecule has 2 aliphatic heterocycles. The van der Waals surface area contributed by atoms with Crippen LogP contribution >= 0.6 is 0 Å². The van der Waals surface area contributed by atoms with Gasteiger partial charge in [0.05, 0.1) is 22.7 Å². The van der Waals surface area contributed by atoms with E-state index >= 15 is 0 Å². The molecule has 2 saturated heterocycles. The van der Waals surface area contributed by atoms with Crippen molar-refractivity contribution >= 4 is 6.09 Å². The van der Waals surface area contributed by atoms with Crippen LogP contribution in [0.4, 0.5) is 48.7 Å². The lowest BCUT2D eigenvalue weighted by Crippen LogP contribution is -2.40. The normalized spacial score (nSPS) is 21.9. The first-order valence-electron chi connectivity index (χ1n) is 13.6. The van der Waals surface area contributed by atoms with Crippen molar-refractivity contribution in [1.82, 2.24) is 9.80 Å². The molecule has 238 valence electrons. The summed E-state index contributed by atoms with van der Waals surface area (Å²) in [5.74, 6) is -0.145. The van der Waals surface area contributed by atoms with Gasteiger partial charge in [0.15, 0.2) is 0 Å². The van der Waals surface area contributed by atoms with Crippen LogP contribution in [0, 0.1) is 5.92 Å². The summed E-state index contributed by atoms with van der Waals surface area (Å²) in [6.45, 7) is 5.29. The maximum absolute atomic E-state index is 13.9. The number of likely N-dealkylation sites (tertiary alicyclic amines) is 1. The summed E-state index contributed by atoms with van der Waals surface area (Å²) >= 11 is 0. The third-order valence-electron chi connectivity index (χ3n) is 7.94. The molecule has 0 spiro atoms. The number of cyclic esters (lactones) is 1. The van der Waals surface area contributed by atoms with Crippen LogP contribution in [-0.2, 0) is 29.8 Å². The van der Waals surface area contributed by atoms with Crippen LogP contribution in [0.15, 0.2) is 36.4 Å². The van der Waals surface area contributed by atoms with Crippen LogP contribution in [0.25, 0.3) is 0 Å². The molecule has 0 bridgehead atoms. The predicted molar refractivity (Wildman–Crippen MR) is 135 cm³/mol. The number of benzene rings is 2. The fraction of sp³-hybridized carbons (Fsp3) is 0.552. The minimum absolute atomic E-state index is 0.0462. The summed E-state index contributed by atoms with van der Waals surface area (Å²) in [6.07, 6.45) is -18.2. The number of rotatable bonds is 6. The minimum Gasteiger partial charge on any atom is -0.439 e. The number of hydrogen-bond donors (Lipinski definition) is 0. The van der Waals surface area contributed by atoms with Gasteiger partial charge in [-0.05, 0) is 72.7 Å². The fourth-order valence-corrected chi connectivity index (χ4v) is 5.82. The molecule has 0 aliphatic carbocycles. The molecule has 0 aromatic heterocycles. The molecule has 0 radical (unpaired) electrons. The minimum atomic E-state index is -5.13. The maximum atomic E-state index is 13.9. The van der Waals surface area contributed by atoms with Crippen LogP contribution in [0.5, 0.6) is 0 Å². The number of ether oxygens (including phenoxy) is 1. The monoisotopic (exact) mass is 628 g/mol. The second kappa shape index (κ2) is 11.8. The molecule has 1 amide bonds. The van der Waals surface area contributed by atoms with Gasteiger partial charge in [-0.2, -0.15) is 39.5 Å². The summed E-state index contributed by atoms with van der Waals surface area (Å²) < 4.78 is 141. The van der Waals surface area contributed by atoms with Crippen LogP contribution in [0.3, 0.4) is 0 Å². The lowest BCUT2D eigenvalue weighted by atomic mass is 9.88. The molecule has 4 nitrogen and oxygen atoms in total. The van der Waals surface area contributed by atoms with Gasteiger partial charge in [-0.15, -0.1) is 0 Å². The van der Waals surface area contributed by atoms with Crippen LogP contribution in [0.2, 0.25) is 0 Å². The van der Waals surface area contributed by atoms with Crippen molar-refractivity contribution in [3.8, 4) is 0 Å². The number of nitrogens with zero attached hydrogens (tertiary/aromatic N) is 2. The second-order valence-corrected chi connectivity index (χ2v) is 11.3. The molecule has 2 heterocycles. The summed E-state index contributed by atoms with van der Waals surface area (Å²) in [5, 5.41) is 0. The van der Waals surface area contributed by atoms with Crippen LogP contribution in [-0.4, -0.2) is 41.2 Å². The number of carbonyl (C=O) groups excluding carboxylic acids is 1. The van der Waals surface area contributed by atoms with Gasteiger partial charge in [0.25, 0.3) is 0 Å². The average Bonchev–Trinajstić information content (AvgIpc) is 3.17. The van der Waals surface area contributed by atoms with Crippen molar-refractivity contribution in [2.75, 3.05) is 13.1 Å². The van der Waals surface area contributed by atoms with Crippen molar-refractivity contribution in [1.29, 1.82) is 0 Å². The third kappa shape index (κ3) is 7.21. The van der Waals surface area contributed by atoms with E-state index in [0.29, 0.717) is 30.8 Å². The molecule has 2 aromatic rings. The van der Waals surface area contributed by atoms with Gasteiger partial charge < -0.3 is 4.74 Å². The Kier molecular flexibility index (Phi) is 9.03. The number of piperidine rings is 1. The zero-order chi connectivity index (χ0) is 32.1. The van der Waals surface area contributed by atoms with E-state index in [9.17, 15) is 48.7 Å². The van der Waals surface area contributed by atoms with Crippen LogP contribution < -0.4 is 0 Å². The Bertz CT molecular complexity index is 1280. The molecule has 2 aromatic carbocycles. The van der Waals surface area contributed by atoms with E-state index in [1.54, 1.807) is 0 Å². The number of carbonyl (C=O) groups is 1. The molecular weight excluding hydrogens is 598 g/mol. The molecule has 43 heavy (non-hydrogen) atoms.